The molecule has 0 saturated heterocycles. The molecule has 1 saturated carbocycles. The van der Waals surface area contributed by atoms with E-state index in [1.54, 1.807) is 23.3 Å². The first-order chi connectivity index (χ1) is 18.1. The minimum absolute atomic E-state index is 0.0950. The fourth-order valence-corrected chi connectivity index (χ4v) is 6.00. The van der Waals surface area contributed by atoms with Crippen molar-refractivity contribution in [2.75, 3.05) is 7.11 Å². The number of hydrogen-bond donors (Lipinski definition) is 2. The molecule has 2 N–H and O–H groups in total. The van der Waals surface area contributed by atoms with E-state index >= 15 is 0 Å². The van der Waals surface area contributed by atoms with Gasteiger partial charge in [0.25, 0.3) is 0 Å². The number of nitrogens with zero attached hydrogens (tertiary/aromatic N) is 1. The molecular weight excluding hydrogens is 482 g/mol. The van der Waals surface area contributed by atoms with Gasteiger partial charge in [0.15, 0.2) is 0 Å². The zero-order valence-electron chi connectivity index (χ0n) is 21.1. The summed E-state index contributed by atoms with van der Waals surface area (Å²) in [6.45, 7) is 0.260. The smallest absolute Gasteiger partial charge is 0.247 e. The highest BCUT2D eigenvalue weighted by Crippen LogP contribution is 2.33. The highest BCUT2D eigenvalue weighted by atomic mass is 32.1. The Labute approximate surface area is 221 Å². The van der Waals surface area contributed by atoms with E-state index in [1.165, 1.54) is 6.42 Å². The number of ether oxygens (including phenoxy) is 1. The van der Waals surface area contributed by atoms with Crippen LogP contribution in [-0.2, 0) is 22.6 Å². The Kier molecular flexibility index (Phi) is 7.90. The van der Waals surface area contributed by atoms with Crippen molar-refractivity contribution >= 4 is 34.1 Å². The number of aromatic nitrogens is 1. The molecule has 5 rings (SSSR count). The van der Waals surface area contributed by atoms with Crippen LogP contribution in [0.4, 0.5) is 0 Å². The van der Waals surface area contributed by atoms with E-state index in [0.29, 0.717) is 5.75 Å². The number of methoxy groups -OCH3 is 1. The van der Waals surface area contributed by atoms with Gasteiger partial charge in [-0.1, -0.05) is 61.7 Å². The summed E-state index contributed by atoms with van der Waals surface area (Å²) >= 11 is 1.55. The lowest BCUT2D eigenvalue weighted by atomic mass is 9.94. The number of carbonyl (C=O) groups excluding carboxylic acids is 2. The van der Waals surface area contributed by atoms with Crippen molar-refractivity contribution < 1.29 is 14.3 Å². The maximum absolute atomic E-state index is 14.1. The van der Waals surface area contributed by atoms with Crippen LogP contribution in [0.1, 0.15) is 54.1 Å². The van der Waals surface area contributed by atoms with Gasteiger partial charge in [-0.25, -0.2) is 0 Å². The maximum atomic E-state index is 14.1. The third-order valence-electron chi connectivity index (χ3n) is 7.19. The number of amides is 2. The summed E-state index contributed by atoms with van der Waals surface area (Å²) in [5.74, 6) is 0.468. The van der Waals surface area contributed by atoms with E-state index in [2.05, 4.69) is 10.3 Å². The van der Waals surface area contributed by atoms with Crippen LogP contribution in [0.3, 0.4) is 0 Å². The quantitative estimate of drug-likeness (QED) is 0.287. The molecule has 1 unspecified atom stereocenters. The fraction of sp³-hybridized carbons (Fsp3) is 0.333. The number of rotatable bonds is 9. The highest BCUT2D eigenvalue weighted by Gasteiger charge is 2.35. The zero-order chi connectivity index (χ0) is 25.6. The second kappa shape index (κ2) is 11.6. The first-order valence-electron chi connectivity index (χ1n) is 12.9. The Hall–Kier alpha value is -3.58. The first-order valence-corrected chi connectivity index (χ1v) is 13.8. The maximum Gasteiger partial charge on any atom is 0.247 e. The van der Waals surface area contributed by atoms with Gasteiger partial charge >= 0.3 is 0 Å². The van der Waals surface area contributed by atoms with E-state index < -0.39 is 6.04 Å². The predicted octanol–water partition coefficient (Wildman–Crippen LogP) is 6.00. The van der Waals surface area contributed by atoms with Crippen molar-refractivity contribution in [2.45, 2.75) is 57.2 Å². The largest absolute Gasteiger partial charge is 0.496 e. The van der Waals surface area contributed by atoms with Crippen LogP contribution in [0.5, 0.6) is 5.75 Å². The summed E-state index contributed by atoms with van der Waals surface area (Å²) in [7, 11) is 1.63. The van der Waals surface area contributed by atoms with Crippen LogP contribution in [-0.4, -0.2) is 34.8 Å². The molecule has 2 amide bonds. The lowest BCUT2D eigenvalue weighted by Crippen LogP contribution is -2.47. The molecule has 1 atom stereocenters. The molecule has 7 heteroatoms. The van der Waals surface area contributed by atoms with Crippen molar-refractivity contribution in [3.05, 3.63) is 88.2 Å². The van der Waals surface area contributed by atoms with E-state index in [1.807, 2.05) is 72.2 Å². The number of benzene rings is 2. The molecule has 2 aromatic heterocycles. The van der Waals surface area contributed by atoms with Crippen LogP contribution in [0.25, 0.3) is 10.9 Å². The van der Waals surface area contributed by atoms with Crippen LogP contribution in [0.15, 0.2) is 72.2 Å². The van der Waals surface area contributed by atoms with Crippen molar-refractivity contribution in [3.63, 3.8) is 0 Å². The zero-order valence-corrected chi connectivity index (χ0v) is 21.9. The summed E-state index contributed by atoms with van der Waals surface area (Å²) in [5.41, 5.74) is 2.61. The minimum Gasteiger partial charge on any atom is -0.496 e. The summed E-state index contributed by atoms with van der Waals surface area (Å²) in [5, 5.41) is 6.22. The number of thiophene rings is 1. The molecule has 1 aliphatic rings. The number of aromatic amines is 1. The molecule has 2 heterocycles. The summed E-state index contributed by atoms with van der Waals surface area (Å²) < 4.78 is 5.61. The number of nitrogens with one attached hydrogen (secondary N) is 2. The van der Waals surface area contributed by atoms with E-state index in [0.717, 1.165) is 52.6 Å². The molecule has 1 aliphatic carbocycles. The number of hydrogen-bond acceptors (Lipinski definition) is 4. The van der Waals surface area contributed by atoms with Gasteiger partial charge in [-0.2, -0.15) is 0 Å². The average molecular weight is 516 g/mol. The predicted molar refractivity (Wildman–Crippen MR) is 148 cm³/mol. The monoisotopic (exact) mass is 515 g/mol. The summed E-state index contributed by atoms with van der Waals surface area (Å²) in [4.78, 5) is 34.1. The molecule has 0 spiro atoms. The molecule has 1 fully saturated rings. The van der Waals surface area contributed by atoms with Crippen molar-refractivity contribution in [1.29, 1.82) is 0 Å². The molecule has 0 aliphatic heterocycles. The highest BCUT2D eigenvalue weighted by molar-refractivity contribution is 7.10. The van der Waals surface area contributed by atoms with E-state index in [-0.39, 0.29) is 30.8 Å². The fourth-order valence-electron chi connectivity index (χ4n) is 5.30. The topological polar surface area (TPSA) is 74.4 Å². The normalized spacial score (nSPS) is 14.8. The van der Waals surface area contributed by atoms with Gasteiger partial charge in [-0.3, -0.25) is 9.59 Å². The second-order valence-corrected chi connectivity index (χ2v) is 10.7. The Morgan fingerprint density at radius 3 is 2.62 bits per heavy atom. The van der Waals surface area contributed by atoms with E-state index in [4.69, 9.17) is 4.74 Å². The molecule has 192 valence electrons. The van der Waals surface area contributed by atoms with Gasteiger partial charge < -0.3 is 19.9 Å². The molecule has 0 bridgehead atoms. The Morgan fingerprint density at radius 2 is 1.84 bits per heavy atom. The molecular formula is C30H33N3O3S. The Morgan fingerprint density at radius 1 is 1.05 bits per heavy atom. The minimum atomic E-state index is -0.782. The van der Waals surface area contributed by atoms with Crippen LogP contribution in [0, 0.1) is 0 Å². The third kappa shape index (κ3) is 5.72. The number of H-pyrrole nitrogens is 1. The Balaban J connectivity index is 1.57. The van der Waals surface area contributed by atoms with Crippen molar-refractivity contribution in [3.8, 4) is 5.75 Å². The van der Waals surface area contributed by atoms with Gasteiger partial charge in [0.1, 0.15) is 11.8 Å². The van der Waals surface area contributed by atoms with E-state index in [9.17, 15) is 9.59 Å². The van der Waals surface area contributed by atoms with Gasteiger partial charge in [0.2, 0.25) is 11.8 Å². The molecule has 37 heavy (non-hydrogen) atoms. The lowest BCUT2D eigenvalue weighted by molar-refractivity contribution is -0.141. The molecule has 0 radical (unpaired) electrons. The first kappa shape index (κ1) is 25.1. The van der Waals surface area contributed by atoms with Gasteiger partial charge in [0, 0.05) is 39.1 Å². The molecule has 4 aromatic rings. The van der Waals surface area contributed by atoms with Gasteiger partial charge in [0.05, 0.1) is 20.1 Å². The number of para-hydroxylation sites is 2. The average Bonchev–Trinajstić information content (AvgIpc) is 3.59. The summed E-state index contributed by atoms with van der Waals surface area (Å²) in [6.07, 6.45) is 7.50. The number of fused-ring (bicyclic) bond motifs is 1. The van der Waals surface area contributed by atoms with Crippen molar-refractivity contribution in [1.82, 2.24) is 15.2 Å². The summed E-state index contributed by atoms with van der Waals surface area (Å²) in [6, 6.07) is 18.9. The standard InChI is InChI=1S/C30H33N3O3S/c1-36-27-16-8-5-10-21(27)20-33(28(34)18-23-13-9-17-37-23)29(30(35)32-22-11-3-2-4-12-22)25-19-31-26-15-7-6-14-24(25)26/h5-10,13-17,19,22,29,31H,2-4,11-12,18,20H2,1H3,(H,32,35). The second-order valence-electron chi connectivity index (χ2n) is 9.63. The van der Waals surface area contributed by atoms with Gasteiger partial charge in [-0.05, 0) is 36.4 Å². The molecule has 6 nitrogen and oxygen atoms in total. The number of carbonyl (C=O) groups is 2. The van der Waals surface area contributed by atoms with Crippen LogP contribution >= 0.6 is 11.3 Å². The molecule has 2 aromatic carbocycles. The third-order valence-corrected chi connectivity index (χ3v) is 8.06. The van der Waals surface area contributed by atoms with Crippen molar-refractivity contribution in [2.24, 2.45) is 0 Å². The van der Waals surface area contributed by atoms with Gasteiger partial charge in [-0.15, -0.1) is 11.3 Å². The van der Waals surface area contributed by atoms with Crippen LogP contribution < -0.4 is 10.1 Å². The Bertz CT molecular complexity index is 1340. The lowest BCUT2D eigenvalue weighted by Gasteiger charge is -2.33. The van der Waals surface area contributed by atoms with Crippen LogP contribution in [0.2, 0.25) is 0 Å². The SMILES string of the molecule is COc1ccccc1CN(C(=O)Cc1cccs1)C(C(=O)NC1CCCCC1)c1c[nH]c2ccccc12.